The molecule has 0 aromatic heterocycles. The van der Waals surface area contributed by atoms with Crippen LogP contribution in [0.5, 0.6) is 5.75 Å². The molecule has 2 N–H and O–H groups in total. The van der Waals surface area contributed by atoms with Crippen molar-refractivity contribution in [2.45, 2.75) is 44.8 Å². The minimum Gasteiger partial charge on any atom is -0.508 e. The van der Waals surface area contributed by atoms with Gasteiger partial charge < -0.3 is 15.2 Å². The van der Waals surface area contributed by atoms with Crippen LogP contribution >= 0.6 is 0 Å². The third-order valence-electron chi connectivity index (χ3n) is 3.58. The van der Waals surface area contributed by atoms with Gasteiger partial charge in [0.15, 0.2) is 0 Å². The van der Waals surface area contributed by atoms with E-state index in [9.17, 15) is 5.11 Å². The molecule has 2 rings (SSSR count). The summed E-state index contributed by atoms with van der Waals surface area (Å²) < 4.78 is 5.37. The van der Waals surface area contributed by atoms with Crippen LogP contribution in [0.2, 0.25) is 0 Å². The fraction of sp³-hybridized carbons (Fsp3) is 0.571. The molecule has 1 aliphatic rings. The summed E-state index contributed by atoms with van der Waals surface area (Å²) >= 11 is 0. The zero-order chi connectivity index (χ0) is 12.3. The molecule has 0 bridgehead atoms. The Kier molecular flexibility index (Phi) is 3.89. The first-order chi connectivity index (χ1) is 8.19. The molecular weight excluding hydrogens is 214 g/mol. The van der Waals surface area contributed by atoms with Gasteiger partial charge in [-0.3, -0.25) is 0 Å². The number of benzene rings is 1. The molecule has 1 aromatic rings. The van der Waals surface area contributed by atoms with Crippen LogP contribution in [0.3, 0.4) is 0 Å². The van der Waals surface area contributed by atoms with Crippen LogP contribution in [0.15, 0.2) is 18.2 Å². The molecule has 0 aliphatic heterocycles. The molecule has 3 nitrogen and oxygen atoms in total. The quantitative estimate of drug-likeness (QED) is 0.791. The van der Waals surface area contributed by atoms with Crippen molar-refractivity contribution in [2.75, 3.05) is 12.4 Å². The molecule has 1 saturated carbocycles. The van der Waals surface area contributed by atoms with Crippen molar-refractivity contribution in [3.63, 3.8) is 0 Å². The average Bonchev–Trinajstić information content (AvgIpc) is 2.34. The normalized spacial score (nSPS) is 24.6. The first-order valence-electron chi connectivity index (χ1n) is 6.28. The van der Waals surface area contributed by atoms with E-state index in [0.717, 1.165) is 36.9 Å². The molecule has 0 atom stereocenters. The lowest BCUT2D eigenvalue weighted by molar-refractivity contribution is 0.0682. The van der Waals surface area contributed by atoms with Crippen molar-refractivity contribution in [2.24, 2.45) is 0 Å². The Bertz CT molecular complexity index is 370. The van der Waals surface area contributed by atoms with E-state index < -0.39 is 0 Å². The number of ether oxygens (including phenoxy) is 1. The van der Waals surface area contributed by atoms with Crippen LogP contribution < -0.4 is 5.32 Å². The van der Waals surface area contributed by atoms with E-state index in [0.29, 0.717) is 17.9 Å². The van der Waals surface area contributed by atoms with Crippen LogP contribution in [0.4, 0.5) is 5.69 Å². The van der Waals surface area contributed by atoms with Crippen molar-refractivity contribution in [1.29, 1.82) is 0 Å². The van der Waals surface area contributed by atoms with Gasteiger partial charge in [-0.2, -0.15) is 0 Å². The van der Waals surface area contributed by atoms with E-state index in [1.807, 2.05) is 13.0 Å². The van der Waals surface area contributed by atoms with Crippen LogP contribution in [0.25, 0.3) is 0 Å². The lowest BCUT2D eigenvalue weighted by Gasteiger charge is -2.29. The summed E-state index contributed by atoms with van der Waals surface area (Å²) in [4.78, 5) is 0. The highest BCUT2D eigenvalue weighted by molar-refractivity contribution is 5.53. The fourth-order valence-electron chi connectivity index (χ4n) is 2.47. The van der Waals surface area contributed by atoms with Crippen LogP contribution in [-0.2, 0) is 4.74 Å². The van der Waals surface area contributed by atoms with Crippen molar-refractivity contribution in [1.82, 2.24) is 0 Å². The molecule has 94 valence electrons. The summed E-state index contributed by atoms with van der Waals surface area (Å²) in [7, 11) is 1.79. The van der Waals surface area contributed by atoms with Crippen molar-refractivity contribution >= 4 is 5.69 Å². The van der Waals surface area contributed by atoms with Crippen LogP contribution in [0.1, 0.15) is 31.2 Å². The number of anilines is 1. The van der Waals surface area contributed by atoms with E-state index in [-0.39, 0.29) is 0 Å². The second-order valence-corrected chi connectivity index (χ2v) is 4.85. The van der Waals surface area contributed by atoms with Gasteiger partial charge in [-0.1, -0.05) is 0 Å². The Morgan fingerprint density at radius 3 is 2.53 bits per heavy atom. The maximum absolute atomic E-state index is 9.37. The van der Waals surface area contributed by atoms with E-state index in [2.05, 4.69) is 5.32 Å². The van der Waals surface area contributed by atoms with Gasteiger partial charge in [0.05, 0.1) is 6.10 Å². The highest BCUT2D eigenvalue weighted by Crippen LogP contribution is 2.26. The third kappa shape index (κ3) is 3.13. The first-order valence-corrected chi connectivity index (χ1v) is 6.28. The Labute approximate surface area is 103 Å². The van der Waals surface area contributed by atoms with Crippen LogP contribution in [-0.4, -0.2) is 24.4 Å². The Balaban J connectivity index is 1.93. The molecule has 0 spiro atoms. The predicted molar refractivity (Wildman–Crippen MR) is 69.5 cm³/mol. The number of hydrogen-bond acceptors (Lipinski definition) is 3. The lowest BCUT2D eigenvalue weighted by Crippen LogP contribution is -2.29. The van der Waals surface area contributed by atoms with Gasteiger partial charge in [0.2, 0.25) is 0 Å². The number of phenols is 1. The second-order valence-electron chi connectivity index (χ2n) is 4.85. The van der Waals surface area contributed by atoms with Gasteiger partial charge in [0.25, 0.3) is 0 Å². The molecule has 0 heterocycles. The number of nitrogens with one attached hydrogen (secondary N) is 1. The minimum absolute atomic E-state index is 0.330. The highest BCUT2D eigenvalue weighted by Gasteiger charge is 2.20. The lowest BCUT2D eigenvalue weighted by atomic mass is 9.92. The molecule has 0 saturated heterocycles. The summed E-state index contributed by atoms with van der Waals surface area (Å²) in [6, 6.07) is 6.01. The van der Waals surface area contributed by atoms with Gasteiger partial charge >= 0.3 is 0 Å². The van der Waals surface area contributed by atoms with E-state index >= 15 is 0 Å². The van der Waals surface area contributed by atoms with Crippen molar-refractivity contribution < 1.29 is 9.84 Å². The molecule has 1 aromatic carbocycles. The standard InChI is InChI=1S/C14H21NO2/c1-10-9-12(16)5-8-14(10)15-11-3-6-13(17-2)7-4-11/h5,8-9,11,13,15-16H,3-4,6-7H2,1-2H3. The molecule has 0 amide bonds. The van der Waals surface area contributed by atoms with E-state index in [1.54, 1.807) is 19.2 Å². The fourth-order valence-corrected chi connectivity index (χ4v) is 2.47. The predicted octanol–water partition coefficient (Wildman–Crippen LogP) is 3.07. The number of hydrogen-bond donors (Lipinski definition) is 2. The number of phenolic OH excluding ortho intramolecular Hbond substituents is 1. The van der Waals surface area contributed by atoms with Crippen molar-refractivity contribution in [3.05, 3.63) is 23.8 Å². The summed E-state index contributed by atoms with van der Waals surface area (Å²) in [6.07, 6.45) is 5.00. The number of methoxy groups -OCH3 is 1. The summed E-state index contributed by atoms with van der Waals surface area (Å²) in [5, 5.41) is 12.9. The SMILES string of the molecule is COC1CCC(Nc2ccc(O)cc2C)CC1. The maximum Gasteiger partial charge on any atom is 0.115 e. The Hall–Kier alpha value is -1.22. The monoisotopic (exact) mass is 235 g/mol. The number of aromatic hydroxyl groups is 1. The Morgan fingerprint density at radius 1 is 1.24 bits per heavy atom. The van der Waals surface area contributed by atoms with E-state index in [1.165, 1.54) is 0 Å². The third-order valence-corrected chi connectivity index (χ3v) is 3.58. The maximum atomic E-state index is 9.37. The zero-order valence-electron chi connectivity index (χ0n) is 10.6. The Morgan fingerprint density at radius 2 is 1.94 bits per heavy atom. The number of aryl methyl sites for hydroxylation is 1. The number of rotatable bonds is 3. The molecule has 0 radical (unpaired) electrons. The van der Waals surface area contributed by atoms with Gasteiger partial charge in [-0.25, -0.2) is 0 Å². The van der Waals surface area contributed by atoms with Gasteiger partial charge in [0.1, 0.15) is 5.75 Å². The molecular formula is C14H21NO2. The highest BCUT2D eigenvalue weighted by atomic mass is 16.5. The summed E-state index contributed by atoms with van der Waals surface area (Å²) in [6.45, 7) is 2.02. The summed E-state index contributed by atoms with van der Waals surface area (Å²) in [5.74, 6) is 0.330. The molecule has 0 unspecified atom stereocenters. The molecule has 1 aliphatic carbocycles. The van der Waals surface area contributed by atoms with Crippen LogP contribution in [0, 0.1) is 6.92 Å². The minimum atomic E-state index is 0.330. The molecule has 17 heavy (non-hydrogen) atoms. The van der Waals surface area contributed by atoms with Gasteiger partial charge in [-0.15, -0.1) is 0 Å². The molecule has 1 fully saturated rings. The smallest absolute Gasteiger partial charge is 0.115 e. The van der Waals surface area contributed by atoms with Gasteiger partial charge in [-0.05, 0) is 56.4 Å². The average molecular weight is 235 g/mol. The summed E-state index contributed by atoms with van der Waals surface area (Å²) in [5.41, 5.74) is 2.22. The van der Waals surface area contributed by atoms with E-state index in [4.69, 9.17) is 4.74 Å². The van der Waals surface area contributed by atoms with Crippen molar-refractivity contribution in [3.8, 4) is 5.75 Å². The first kappa shape index (κ1) is 12.2. The second kappa shape index (κ2) is 5.41. The zero-order valence-corrected chi connectivity index (χ0v) is 10.6. The largest absolute Gasteiger partial charge is 0.508 e. The van der Waals surface area contributed by atoms with Gasteiger partial charge in [0, 0.05) is 18.8 Å². The molecule has 3 heteroatoms. The topological polar surface area (TPSA) is 41.5 Å².